The number of esters is 2. The number of nitrogens with zero attached hydrogens (tertiary/aromatic N) is 1. The maximum absolute atomic E-state index is 12.3. The van der Waals surface area contributed by atoms with Crippen LogP contribution in [0.4, 0.5) is 0 Å². The van der Waals surface area contributed by atoms with Gasteiger partial charge in [-0.05, 0) is 19.8 Å². The molecule has 118 valence electrons. The second kappa shape index (κ2) is 5.76. The molecule has 2 aliphatic rings. The zero-order chi connectivity index (χ0) is 15.9. The van der Waals surface area contributed by atoms with E-state index in [9.17, 15) is 9.59 Å². The lowest BCUT2D eigenvalue weighted by Crippen LogP contribution is -2.63. The molecular formula is C14H21NO4S2. The van der Waals surface area contributed by atoms with Gasteiger partial charge in [0.15, 0.2) is 0 Å². The van der Waals surface area contributed by atoms with Crippen LogP contribution < -0.4 is 0 Å². The summed E-state index contributed by atoms with van der Waals surface area (Å²) in [7, 11) is 0. The number of hydrogen-bond acceptors (Lipinski definition) is 6. The highest BCUT2D eigenvalue weighted by molar-refractivity contribution is 8.01. The van der Waals surface area contributed by atoms with E-state index >= 15 is 0 Å². The van der Waals surface area contributed by atoms with Crippen LogP contribution in [0.15, 0.2) is 0 Å². The molecule has 7 heteroatoms. The van der Waals surface area contributed by atoms with Gasteiger partial charge >= 0.3 is 11.9 Å². The normalized spacial score (nSPS) is 29.9. The Balaban J connectivity index is 2.07. The van der Waals surface area contributed by atoms with E-state index in [0.29, 0.717) is 11.8 Å². The third-order valence-corrected chi connectivity index (χ3v) is 5.96. The molecule has 0 spiro atoms. The first kappa shape index (κ1) is 16.5. The molecule has 0 bridgehead atoms. The molecule has 2 rings (SSSR count). The Kier molecular flexibility index (Phi) is 4.54. The lowest BCUT2D eigenvalue weighted by atomic mass is 9.85. The van der Waals surface area contributed by atoms with Gasteiger partial charge in [-0.25, -0.2) is 4.79 Å². The minimum atomic E-state index is -0.472. The van der Waals surface area contributed by atoms with Crippen molar-refractivity contribution in [3.8, 4) is 0 Å². The SMILES string of the molecule is CC(=O)OCOC(=O)[C@@H]1N2C(=S)[C@@H](C(C)C)[C@H]2SC1(C)C. The summed E-state index contributed by atoms with van der Waals surface area (Å²) in [6.45, 7) is 9.27. The molecule has 0 aromatic heterocycles. The van der Waals surface area contributed by atoms with E-state index in [4.69, 9.17) is 17.0 Å². The van der Waals surface area contributed by atoms with E-state index < -0.39 is 12.0 Å². The lowest BCUT2D eigenvalue weighted by Gasteiger charge is -2.48. The van der Waals surface area contributed by atoms with Crippen LogP contribution in [0.25, 0.3) is 0 Å². The number of fused-ring (bicyclic) bond motifs is 1. The molecule has 0 aliphatic carbocycles. The molecule has 2 heterocycles. The van der Waals surface area contributed by atoms with Crippen molar-refractivity contribution in [2.45, 2.75) is 50.8 Å². The summed E-state index contributed by atoms with van der Waals surface area (Å²) >= 11 is 7.26. The van der Waals surface area contributed by atoms with Crippen molar-refractivity contribution in [2.24, 2.45) is 11.8 Å². The Labute approximate surface area is 134 Å². The van der Waals surface area contributed by atoms with Crippen molar-refractivity contribution in [3.63, 3.8) is 0 Å². The summed E-state index contributed by atoms with van der Waals surface area (Å²) < 4.78 is 9.45. The van der Waals surface area contributed by atoms with Crippen molar-refractivity contribution in [1.29, 1.82) is 0 Å². The fourth-order valence-corrected chi connectivity index (χ4v) is 5.56. The maximum atomic E-state index is 12.3. The molecule has 21 heavy (non-hydrogen) atoms. The quantitative estimate of drug-likeness (QED) is 0.444. The first-order valence-corrected chi connectivity index (χ1v) is 8.25. The summed E-state index contributed by atoms with van der Waals surface area (Å²) in [5, 5.41) is 0.235. The molecule has 0 aromatic carbocycles. The summed E-state index contributed by atoms with van der Waals surface area (Å²) in [6.07, 6.45) is 0. The lowest BCUT2D eigenvalue weighted by molar-refractivity contribution is -0.169. The van der Waals surface area contributed by atoms with Gasteiger partial charge in [0.25, 0.3) is 0 Å². The Hall–Kier alpha value is -0.820. The largest absolute Gasteiger partial charge is 0.428 e. The number of thioether (sulfide) groups is 1. The summed E-state index contributed by atoms with van der Waals surface area (Å²) in [4.78, 5) is 25.9. The van der Waals surface area contributed by atoms with Gasteiger partial charge in [0.2, 0.25) is 6.79 Å². The highest BCUT2D eigenvalue weighted by Gasteiger charge is 2.62. The Bertz CT molecular complexity index is 478. The van der Waals surface area contributed by atoms with Crippen LogP contribution in [0, 0.1) is 11.8 Å². The van der Waals surface area contributed by atoms with Crippen LogP contribution in [-0.2, 0) is 19.1 Å². The van der Waals surface area contributed by atoms with Gasteiger partial charge in [0, 0.05) is 17.6 Å². The Morgan fingerprint density at radius 3 is 2.52 bits per heavy atom. The molecule has 3 atom stereocenters. The molecule has 2 fully saturated rings. The first-order chi connectivity index (χ1) is 9.66. The fourth-order valence-electron chi connectivity index (χ4n) is 2.89. The molecular weight excluding hydrogens is 310 g/mol. The van der Waals surface area contributed by atoms with Crippen molar-refractivity contribution in [1.82, 2.24) is 4.90 Å². The van der Waals surface area contributed by atoms with Crippen LogP contribution >= 0.6 is 24.0 Å². The average Bonchev–Trinajstić information content (AvgIpc) is 2.56. The van der Waals surface area contributed by atoms with E-state index in [1.54, 1.807) is 11.8 Å². The van der Waals surface area contributed by atoms with E-state index in [0.717, 1.165) is 4.99 Å². The number of carbonyl (C=O) groups is 2. The standard InChI is InChI=1S/C14H21NO4S2/c1-7(2)9-11(20)15-10(14(4,5)21-12(9)15)13(17)19-6-18-8(3)16/h7,9-10,12H,6H2,1-5H3/t9-,10+,12-/m1/s1. The minimum absolute atomic E-state index is 0.235. The molecule has 2 saturated heterocycles. The van der Waals surface area contributed by atoms with Crippen LogP contribution in [0.1, 0.15) is 34.6 Å². The van der Waals surface area contributed by atoms with Gasteiger partial charge in [-0.2, -0.15) is 0 Å². The van der Waals surface area contributed by atoms with Gasteiger partial charge in [-0.15, -0.1) is 11.8 Å². The van der Waals surface area contributed by atoms with Crippen LogP contribution in [0.5, 0.6) is 0 Å². The second-order valence-electron chi connectivity index (χ2n) is 6.25. The van der Waals surface area contributed by atoms with Crippen LogP contribution in [-0.4, -0.2) is 44.8 Å². The molecule has 2 aliphatic heterocycles. The molecule has 0 N–H and O–H groups in total. The zero-order valence-electron chi connectivity index (χ0n) is 12.9. The topological polar surface area (TPSA) is 55.8 Å². The second-order valence-corrected chi connectivity index (χ2v) is 8.44. The van der Waals surface area contributed by atoms with Crippen molar-refractivity contribution in [2.75, 3.05) is 6.79 Å². The van der Waals surface area contributed by atoms with Crippen LogP contribution in [0.3, 0.4) is 0 Å². The van der Waals surface area contributed by atoms with Crippen molar-refractivity contribution in [3.05, 3.63) is 0 Å². The third kappa shape index (κ3) is 2.90. The van der Waals surface area contributed by atoms with Gasteiger partial charge in [-0.1, -0.05) is 26.1 Å². The average molecular weight is 331 g/mol. The number of carbonyl (C=O) groups excluding carboxylic acids is 2. The number of thiocarbonyl (C=S) groups is 1. The van der Waals surface area contributed by atoms with E-state index in [-0.39, 0.29) is 22.9 Å². The van der Waals surface area contributed by atoms with Crippen molar-refractivity contribution >= 4 is 40.9 Å². The zero-order valence-corrected chi connectivity index (χ0v) is 14.5. The number of hydrogen-bond donors (Lipinski definition) is 0. The molecule has 0 unspecified atom stereocenters. The molecule has 0 radical (unpaired) electrons. The molecule has 0 aromatic rings. The summed E-state index contributed by atoms with van der Waals surface area (Å²) in [6, 6.07) is -0.425. The highest BCUT2D eigenvalue weighted by atomic mass is 32.2. The highest BCUT2D eigenvalue weighted by Crippen LogP contribution is 2.55. The third-order valence-electron chi connectivity index (χ3n) is 3.89. The summed E-state index contributed by atoms with van der Waals surface area (Å²) in [5.74, 6) is -0.0747. The predicted octanol–water partition coefficient (Wildman–Crippen LogP) is 2.19. The monoisotopic (exact) mass is 331 g/mol. The minimum Gasteiger partial charge on any atom is -0.428 e. The predicted molar refractivity (Wildman–Crippen MR) is 84.7 cm³/mol. The van der Waals surface area contributed by atoms with E-state index in [2.05, 4.69) is 18.6 Å². The van der Waals surface area contributed by atoms with Crippen LogP contribution in [0.2, 0.25) is 0 Å². The Morgan fingerprint density at radius 1 is 1.38 bits per heavy atom. The van der Waals surface area contributed by atoms with E-state index in [1.165, 1.54) is 6.92 Å². The van der Waals surface area contributed by atoms with Gasteiger partial charge < -0.3 is 14.4 Å². The number of rotatable bonds is 4. The van der Waals surface area contributed by atoms with Gasteiger partial charge in [-0.3, -0.25) is 4.79 Å². The van der Waals surface area contributed by atoms with Gasteiger partial charge in [0.05, 0.1) is 10.4 Å². The molecule has 5 nitrogen and oxygen atoms in total. The Morgan fingerprint density at radius 2 is 2.00 bits per heavy atom. The fraction of sp³-hybridized carbons (Fsp3) is 0.786. The maximum Gasteiger partial charge on any atom is 0.333 e. The smallest absolute Gasteiger partial charge is 0.333 e. The first-order valence-electron chi connectivity index (χ1n) is 6.97. The van der Waals surface area contributed by atoms with Gasteiger partial charge in [0.1, 0.15) is 6.04 Å². The number of ether oxygens (including phenoxy) is 2. The summed E-state index contributed by atoms with van der Waals surface area (Å²) in [5.41, 5.74) is 0. The molecule has 0 saturated carbocycles. The van der Waals surface area contributed by atoms with Crippen molar-refractivity contribution < 1.29 is 19.1 Å². The van der Waals surface area contributed by atoms with E-state index in [1.807, 2.05) is 18.7 Å². The molecule has 0 amide bonds.